The standard InChI is InChI=1S/C20H18F2N2O4/c1-26-16-9-7-13(11-17(16)27-2)8-10-19(25)28-12-18-23-14-5-3-4-6-15(14)24(18)20(21)22/h3-11,20H,12H2,1-2H3/b10-8+. The van der Waals surface area contributed by atoms with Crippen LogP contribution in [0, 0.1) is 0 Å². The molecule has 0 bridgehead atoms. The molecule has 0 unspecified atom stereocenters. The number of rotatable bonds is 7. The Morgan fingerprint density at radius 3 is 2.61 bits per heavy atom. The lowest BCUT2D eigenvalue weighted by atomic mass is 10.2. The predicted octanol–water partition coefficient (Wildman–Crippen LogP) is 4.21. The molecule has 0 N–H and O–H groups in total. The van der Waals surface area contributed by atoms with Gasteiger partial charge in [0.1, 0.15) is 6.61 Å². The normalized spacial score (nSPS) is 11.3. The van der Waals surface area contributed by atoms with Crippen molar-refractivity contribution >= 4 is 23.1 Å². The van der Waals surface area contributed by atoms with Crippen molar-refractivity contribution in [2.24, 2.45) is 0 Å². The quantitative estimate of drug-likeness (QED) is 0.448. The first kappa shape index (κ1) is 19.3. The van der Waals surface area contributed by atoms with Gasteiger partial charge in [0.2, 0.25) is 0 Å². The van der Waals surface area contributed by atoms with Crippen LogP contribution < -0.4 is 9.47 Å². The topological polar surface area (TPSA) is 62.6 Å². The monoisotopic (exact) mass is 388 g/mol. The Morgan fingerprint density at radius 1 is 1.14 bits per heavy atom. The number of para-hydroxylation sites is 2. The summed E-state index contributed by atoms with van der Waals surface area (Å²) in [6.45, 7) is -3.16. The highest BCUT2D eigenvalue weighted by molar-refractivity contribution is 5.87. The Kier molecular flexibility index (Phi) is 5.88. The number of alkyl halides is 2. The van der Waals surface area contributed by atoms with E-state index in [1.165, 1.54) is 32.4 Å². The molecule has 0 spiro atoms. The predicted molar refractivity (Wildman–Crippen MR) is 99.4 cm³/mol. The van der Waals surface area contributed by atoms with Gasteiger partial charge >= 0.3 is 12.5 Å². The molecule has 1 heterocycles. The summed E-state index contributed by atoms with van der Waals surface area (Å²) in [5.74, 6) is 0.378. The Morgan fingerprint density at radius 2 is 1.89 bits per heavy atom. The molecule has 0 radical (unpaired) electrons. The molecule has 3 aromatic rings. The molecule has 0 saturated heterocycles. The third-order valence-corrected chi connectivity index (χ3v) is 4.03. The van der Waals surface area contributed by atoms with Crippen molar-refractivity contribution < 1.29 is 27.8 Å². The number of carbonyl (C=O) groups is 1. The Labute approximate surface area is 160 Å². The van der Waals surface area contributed by atoms with Gasteiger partial charge in [0.05, 0.1) is 25.3 Å². The van der Waals surface area contributed by atoms with Gasteiger partial charge in [0, 0.05) is 6.08 Å². The van der Waals surface area contributed by atoms with Crippen LogP contribution in [0.3, 0.4) is 0 Å². The minimum absolute atomic E-state index is 0.0240. The fraction of sp³-hybridized carbons (Fsp3) is 0.200. The van der Waals surface area contributed by atoms with Gasteiger partial charge in [-0.1, -0.05) is 18.2 Å². The third-order valence-electron chi connectivity index (χ3n) is 4.03. The van der Waals surface area contributed by atoms with Crippen molar-refractivity contribution in [3.63, 3.8) is 0 Å². The van der Waals surface area contributed by atoms with Crippen molar-refractivity contribution in [3.8, 4) is 11.5 Å². The summed E-state index contributed by atoms with van der Waals surface area (Å²) >= 11 is 0. The molecule has 146 valence electrons. The lowest BCUT2D eigenvalue weighted by Gasteiger charge is -2.08. The fourth-order valence-electron chi connectivity index (χ4n) is 2.72. The molecule has 0 aliphatic rings. The maximum absolute atomic E-state index is 13.4. The van der Waals surface area contributed by atoms with E-state index < -0.39 is 12.5 Å². The second-order valence-electron chi connectivity index (χ2n) is 5.72. The number of aromatic nitrogens is 2. The zero-order valence-corrected chi connectivity index (χ0v) is 15.3. The van der Waals surface area contributed by atoms with Crippen LogP contribution in [-0.2, 0) is 16.1 Å². The zero-order chi connectivity index (χ0) is 20.1. The van der Waals surface area contributed by atoms with Crippen LogP contribution in [0.5, 0.6) is 11.5 Å². The van der Waals surface area contributed by atoms with Crippen LogP contribution in [0.25, 0.3) is 17.1 Å². The first-order valence-corrected chi connectivity index (χ1v) is 8.34. The number of carbonyl (C=O) groups excluding carboxylic acids is 1. The average Bonchev–Trinajstić information content (AvgIpc) is 3.09. The zero-order valence-electron chi connectivity index (χ0n) is 15.3. The van der Waals surface area contributed by atoms with E-state index in [0.717, 1.165) is 4.57 Å². The van der Waals surface area contributed by atoms with Gasteiger partial charge < -0.3 is 14.2 Å². The highest BCUT2D eigenvalue weighted by Crippen LogP contribution is 2.28. The smallest absolute Gasteiger partial charge is 0.331 e. The van der Waals surface area contributed by atoms with Gasteiger partial charge in [-0.25, -0.2) is 9.78 Å². The SMILES string of the molecule is COc1ccc(/C=C/C(=O)OCc2nc3ccccc3n2C(F)F)cc1OC. The van der Waals surface area contributed by atoms with E-state index in [-0.39, 0.29) is 17.9 Å². The molecular formula is C20H18F2N2O4. The van der Waals surface area contributed by atoms with Gasteiger partial charge in [-0.15, -0.1) is 0 Å². The first-order chi connectivity index (χ1) is 13.5. The minimum atomic E-state index is -2.79. The summed E-state index contributed by atoms with van der Waals surface area (Å²) < 4.78 is 42.9. The molecule has 2 aromatic carbocycles. The number of ether oxygens (including phenoxy) is 3. The summed E-state index contributed by atoms with van der Waals surface area (Å²) in [7, 11) is 3.03. The number of esters is 1. The lowest BCUT2D eigenvalue weighted by molar-refractivity contribution is -0.139. The van der Waals surface area contributed by atoms with E-state index in [9.17, 15) is 13.6 Å². The third kappa shape index (κ3) is 4.11. The maximum atomic E-state index is 13.4. The largest absolute Gasteiger partial charge is 0.493 e. The second kappa shape index (κ2) is 8.51. The van der Waals surface area contributed by atoms with E-state index >= 15 is 0 Å². The van der Waals surface area contributed by atoms with Crippen molar-refractivity contribution in [1.29, 1.82) is 0 Å². The molecule has 0 saturated carbocycles. The summed E-state index contributed by atoms with van der Waals surface area (Å²) in [6.07, 6.45) is 2.73. The van der Waals surface area contributed by atoms with Gasteiger partial charge in [0.25, 0.3) is 0 Å². The number of halogens is 2. The lowest BCUT2D eigenvalue weighted by Crippen LogP contribution is -2.09. The molecule has 0 aliphatic carbocycles. The van der Waals surface area contributed by atoms with Crippen LogP contribution in [0.4, 0.5) is 8.78 Å². The molecule has 0 aliphatic heterocycles. The molecular weight excluding hydrogens is 370 g/mol. The maximum Gasteiger partial charge on any atom is 0.331 e. The summed E-state index contributed by atoms with van der Waals surface area (Å²) in [5.41, 5.74) is 1.38. The van der Waals surface area contributed by atoms with Crippen molar-refractivity contribution in [1.82, 2.24) is 9.55 Å². The first-order valence-electron chi connectivity index (χ1n) is 8.34. The highest BCUT2D eigenvalue weighted by atomic mass is 19.3. The van der Waals surface area contributed by atoms with Crippen molar-refractivity contribution in [2.45, 2.75) is 13.2 Å². The molecule has 6 nitrogen and oxygen atoms in total. The number of benzene rings is 2. The molecule has 0 fully saturated rings. The van der Waals surface area contributed by atoms with Crippen LogP contribution in [0.15, 0.2) is 48.5 Å². The van der Waals surface area contributed by atoms with Crippen LogP contribution >= 0.6 is 0 Å². The summed E-state index contributed by atoms with van der Waals surface area (Å²) in [6, 6.07) is 11.6. The number of fused-ring (bicyclic) bond motifs is 1. The van der Waals surface area contributed by atoms with E-state index in [1.807, 2.05) is 0 Å². The van der Waals surface area contributed by atoms with E-state index in [2.05, 4.69) is 4.98 Å². The Bertz CT molecular complexity index is 1010. The van der Waals surface area contributed by atoms with Crippen LogP contribution in [0.1, 0.15) is 17.9 Å². The Balaban J connectivity index is 1.70. The van der Waals surface area contributed by atoms with E-state index in [1.54, 1.807) is 36.4 Å². The van der Waals surface area contributed by atoms with E-state index in [4.69, 9.17) is 14.2 Å². The Hall–Kier alpha value is -3.42. The number of imidazole rings is 1. The molecule has 8 heteroatoms. The molecule has 0 atom stereocenters. The van der Waals surface area contributed by atoms with Crippen molar-refractivity contribution in [2.75, 3.05) is 14.2 Å². The minimum Gasteiger partial charge on any atom is -0.493 e. The molecule has 28 heavy (non-hydrogen) atoms. The van der Waals surface area contributed by atoms with E-state index in [0.29, 0.717) is 22.6 Å². The fourth-order valence-corrected chi connectivity index (χ4v) is 2.72. The number of hydrogen-bond donors (Lipinski definition) is 0. The molecule has 3 rings (SSSR count). The number of hydrogen-bond acceptors (Lipinski definition) is 5. The number of nitrogens with zero attached hydrogens (tertiary/aromatic N) is 2. The van der Waals surface area contributed by atoms with Crippen molar-refractivity contribution in [3.05, 3.63) is 59.9 Å². The van der Waals surface area contributed by atoms with Gasteiger partial charge in [-0.05, 0) is 35.9 Å². The van der Waals surface area contributed by atoms with Gasteiger partial charge in [-0.3, -0.25) is 4.57 Å². The van der Waals surface area contributed by atoms with Gasteiger partial charge in [-0.2, -0.15) is 8.78 Å². The average molecular weight is 388 g/mol. The van der Waals surface area contributed by atoms with Crippen LogP contribution in [0.2, 0.25) is 0 Å². The second-order valence-corrected chi connectivity index (χ2v) is 5.72. The summed E-state index contributed by atoms with van der Waals surface area (Å²) in [4.78, 5) is 16.1. The van der Waals surface area contributed by atoms with Crippen LogP contribution in [-0.4, -0.2) is 29.7 Å². The summed E-state index contributed by atoms with van der Waals surface area (Å²) in [5, 5.41) is 0. The number of methoxy groups -OCH3 is 2. The highest BCUT2D eigenvalue weighted by Gasteiger charge is 2.18. The molecule has 0 amide bonds. The van der Waals surface area contributed by atoms with Gasteiger partial charge in [0.15, 0.2) is 17.3 Å². The molecule has 1 aromatic heterocycles.